The highest BCUT2D eigenvalue weighted by Crippen LogP contribution is 2.16. The van der Waals surface area contributed by atoms with E-state index in [1.807, 2.05) is 13.8 Å². The van der Waals surface area contributed by atoms with Gasteiger partial charge in [0.2, 0.25) is 0 Å². The quantitative estimate of drug-likeness (QED) is 0.350. The molecule has 1 rings (SSSR count). The Morgan fingerprint density at radius 3 is 2.59 bits per heavy atom. The highest BCUT2D eigenvalue weighted by atomic mass is 32.2. The number of azide groups is 1. The first-order valence-corrected chi connectivity index (χ1v) is 6.93. The van der Waals surface area contributed by atoms with Gasteiger partial charge in [-0.25, -0.2) is 8.42 Å². The van der Waals surface area contributed by atoms with Gasteiger partial charge in [0.25, 0.3) is 0 Å². The number of hydrogen-bond donors (Lipinski definition) is 0. The van der Waals surface area contributed by atoms with E-state index in [2.05, 4.69) is 10.0 Å². The fraction of sp³-hybridized carbons (Fsp3) is 0.455. The van der Waals surface area contributed by atoms with Crippen molar-refractivity contribution < 1.29 is 8.42 Å². The lowest BCUT2D eigenvalue weighted by Gasteiger charge is -2.06. The fourth-order valence-corrected chi connectivity index (χ4v) is 2.77. The van der Waals surface area contributed by atoms with E-state index >= 15 is 0 Å². The number of aryl methyl sites for hydroxylation is 2. The minimum absolute atomic E-state index is 0.00845. The van der Waals surface area contributed by atoms with Crippen LogP contribution in [-0.4, -0.2) is 20.7 Å². The van der Waals surface area contributed by atoms with Crippen molar-refractivity contribution in [1.29, 1.82) is 0 Å². The van der Waals surface area contributed by atoms with Gasteiger partial charge >= 0.3 is 0 Å². The third-order valence-electron chi connectivity index (χ3n) is 2.57. The molecule has 0 aliphatic rings. The Morgan fingerprint density at radius 2 is 2.00 bits per heavy atom. The Balaban J connectivity index is 2.82. The lowest BCUT2D eigenvalue weighted by Crippen LogP contribution is -2.08. The predicted octanol–water partition coefficient (Wildman–Crippen LogP) is 2.78. The van der Waals surface area contributed by atoms with E-state index in [1.165, 1.54) is 0 Å². The number of benzene rings is 1. The number of rotatable bonds is 5. The zero-order chi connectivity index (χ0) is 12.9. The van der Waals surface area contributed by atoms with Crippen molar-refractivity contribution in [3.05, 3.63) is 39.8 Å². The smallest absolute Gasteiger partial charge is 0.178 e. The van der Waals surface area contributed by atoms with Crippen LogP contribution in [0.1, 0.15) is 17.5 Å². The van der Waals surface area contributed by atoms with Crippen molar-refractivity contribution in [3.8, 4) is 0 Å². The van der Waals surface area contributed by atoms with E-state index < -0.39 is 9.84 Å². The maximum atomic E-state index is 11.9. The normalized spacial score (nSPS) is 10.9. The van der Waals surface area contributed by atoms with Gasteiger partial charge in [0.15, 0.2) is 9.84 Å². The Hall–Kier alpha value is -1.52. The molecule has 0 aromatic heterocycles. The van der Waals surface area contributed by atoms with Crippen molar-refractivity contribution in [2.45, 2.75) is 25.2 Å². The van der Waals surface area contributed by atoms with Crippen LogP contribution in [0, 0.1) is 13.8 Å². The van der Waals surface area contributed by atoms with E-state index in [4.69, 9.17) is 5.53 Å². The Kier molecular flexibility index (Phi) is 4.54. The molecule has 0 saturated heterocycles. The summed E-state index contributed by atoms with van der Waals surface area (Å²) < 4.78 is 23.8. The molecule has 1 aromatic carbocycles. The van der Waals surface area contributed by atoms with E-state index in [-0.39, 0.29) is 12.3 Å². The Bertz CT molecular complexity index is 546. The molecule has 0 unspecified atom stereocenters. The van der Waals surface area contributed by atoms with E-state index in [1.54, 1.807) is 18.2 Å². The molecule has 0 spiro atoms. The molecule has 0 radical (unpaired) electrons. The van der Waals surface area contributed by atoms with Gasteiger partial charge in [-0.2, -0.15) is 0 Å². The summed E-state index contributed by atoms with van der Waals surface area (Å²) >= 11 is 0. The van der Waals surface area contributed by atoms with Gasteiger partial charge < -0.3 is 0 Å². The van der Waals surface area contributed by atoms with Crippen LogP contribution in [0.3, 0.4) is 0 Å². The molecule has 0 N–H and O–H groups in total. The Labute approximate surface area is 101 Å². The average molecular weight is 253 g/mol. The summed E-state index contributed by atoms with van der Waals surface area (Å²) in [4.78, 5) is 2.92. The molecule has 6 heteroatoms. The summed E-state index contributed by atoms with van der Waals surface area (Å²) in [5.41, 5.74) is 10.1. The maximum Gasteiger partial charge on any atom is 0.178 e. The molecule has 0 bridgehead atoms. The lowest BCUT2D eigenvalue weighted by molar-refractivity contribution is 0.593. The van der Waals surface area contributed by atoms with Gasteiger partial charge in [0.1, 0.15) is 0 Å². The van der Waals surface area contributed by atoms with Crippen LogP contribution in [0.15, 0.2) is 28.2 Å². The summed E-state index contributed by atoms with van der Waals surface area (Å²) in [6, 6.07) is 5.10. The minimum Gasteiger partial charge on any atom is -0.224 e. The van der Waals surface area contributed by atoms with Crippen LogP contribution in [0.4, 0.5) is 0 Å². The highest BCUT2D eigenvalue weighted by molar-refractivity contribution is 7.91. The second kappa shape index (κ2) is 5.70. The molecule has 5 nitrogen and oxygen atoms in total. The summed E-state index contributed by atoms with van der Waals surface area (Å²) in [6.07, 6.45) is 0.347. The van der Waals surface area contributed by atoms with Gasteiger partial charge in [-0.15, -0.1) is 0 Å². The summed E-state index contributed by atoms with van der Waals surface area (Å²) in [7, 11) is -3.26. The van der Waals surface area contributed by atoms with E-state index in [0.717, 1.165) is 11.1 Å². The van der Waals surface area contributed by atoms with Crippen LogP contribution in [-0.2, 0) is 9.84 Å². The molecule has 0 saturated carbocycles. The fourth-order valence-electron chi connectivity index (χ4n) is 1.40. The topological polar surface area (TPSA) is 82.9 Å². The molecular formula is C11H15N3O2S. The molecule has 0 heterocycles. The molecule has 1 aromatic rings. The summed E-state index contributed by atoms with van der Waals surface area (Å²) in [6.45, 7) is 4.03. The van der Waals surface area contributed by atoms with E-state index in [9.17, 15) is 8.42 Å². The molecule has 17 heavy (non-hydrogen) atoms. The van der Waals surface area contributed by atoms with Crippen molar-refractivity contribution in [2.75, 3.05) is 12.3 Å². The molecule has 0 fully saturated rings. The zero-order valence-electron chi connectivity index (χ0n) is 9.92. The average Bonchev–Trinajstić information content (AvgIpc) is 2.28. The summed E-state index contributed by atoms with van der Waals surface area (Å²) in [5.74, 6) is 0.00845. The maximum absolute atomic E-state index is 11.9. The standard InChI is InChI=1S/C11H15N3O2S/c1-9-4-5-11(8-10(9)2)17(15,16)7-3-6-13-14-12/h4-5,8H,3,6-7H2,1-2H3. The first kappa shape index (κ1) is 13.5. The Morgan fingerprint density at radius 1 is 1.29 bits per heavy atom. The second-order valence-corrected chi connectivity index (χ2v) is 5.98. The van der Waals surface area contributed by atoms with Crippen molar-refractivity contribution >= 4 is 9.84 Å². The van der Waals surface area contributed by atoms with Crippen LogP contribution >= 0.6 is 0 Å². The van der Waals surface area contributed by atoms with Gasteiger partial charge in [-0.1, -0.05) is 11.2 Å². The molecule has 0 aliphatic heterocycles. The van der Waals surface area contributed by atoms with Crippen molar-refractivity contribution in [3.63, 3.8) is 0 Å². The van der Waals surface area contributed by atoms with Crippen molar-refractivity contribution in [2.24, 2.45) is 5.11 Å². The third kappa shape index (κ3) is 3.76. The number of hydrogen-bond acceptors (Lipinski definition) is 3. The van der Waals surface area contributed by atoms with E-state index in [0.29, 0.717) is 11.3 Å². The molecule has 0 aliphatic carbocycles. The first-order valence-electron chi connectivity index (χ1n) is 5.28. The van der Waals surface area contributed by atoms with Crippen LogP contribution in [0.5, 0.6) is 0 Å². The van der Waals surface area contributed by atoms with Gasteiger partial charge in [0, 0.05) is 11.5 Å². The van der Waals surface area contributed by atoms with Gasteiger partial charge in [-0.3, -0.25) is 0 Å². The van der Waals surface area contributed by atoms with Crippen LogP contribution in [0.2, 0.25) is 0 Å². The monoisotopic (exact) mass is 253 g/mol. The predicted molar refractivity (Wildman–Crippen MR) is 66.6 cm³/mol. The zero-order valence-corrected chi connectivity index (χ0v) is 10.7. The first-order chi connectivity index (χ1) is 7.97. The molecule has 0 atom stereocenters. The lowest BCUT2D eigenvalue weighted by atomic mass is 10.1. The van der Waals surface area contributed by atoms with Crippen molar-refractivity contribution in [1.82, 2.24) is 0 Å². The molecule has 92 valence electrons. The largest absolute Gasteiger partial charge is 0.224 e. The second-order valence-electron chi connectivity index (χ2n) is 3.87. The summed E-state index contributed by atoms with van der Waals surface area (Å²) in [5, 5.41) is 3.32. The van der Waals surface area contributed by atoms with Crippen LogP contribution < -0.4 is 0 Å². The minimum atomic E-state index is -3.26. The SMILES string of the molecule is Cc1ccc(S(=O)(=O)CCCN=[N+]=[N-])cc1C. The molecule has 0 amide bonds. The number of nitrogens with zero attached hydrogens (tertiary/aromatic N) is 3. The third-order valence-corrected chi connectivity index (χ3v) is 4.37. The molecular weight excluding hydrogens is 238 g/mol. The van der Waals surface area contributed by atoms with Gasteiger partial charge in [-0.05, 0) is 49.1 Å². The van der Waals surface area contributed by atoms with Gasteiger partial charge in [0.05, 0.1) is 10.6 Å². The highest BCUT2D eigenvalue weighted by Gasteiger charge is 2.14. The number of sulfone groups is 1. The van der Waals surface area contributed by atoms with Crippen LogP contribution in [0.25, 0.3) is 10.4 Å².